The van der Waals surface area contributed by atoms with E-state index in [2.05, 4.69) is 20.3 Å². The number of nitrogens with two attached hydrogens (primary N) is 1. The van der Waals surface area contributed by atoms with Crippen LogP contribution in [0.4, 0.5) is 16.2 Å². The van der Waals surface area contributed by atoms with Crippen molar-refractivity contribution in [2.75, 3.05) is 18.1 Å². The zero-order chi connectivity index (χ0) is 17.3. The molecule has 0 bridgehead atoms. The van der Waals surface area contributed by atoms with Gasteiger partial charge in [-0.15, -0.1) is 0 Å². The highest BCUT2D eigenvalue weighted by Gasteiger charge is 2.16. The van der Waals surface area contributed by atoms with Gasteiger partial charge in [0, 0.05) is 7.05 Å². The predicted molar refractivity (Wildman–Crippen MR) is 92.5 cm³/mol. The summed E-state index contributed by atoms with van der Waals surface area (Å²) in [7, 11) is 1.74. The molecular weight excluding hydrogens is 309 g/mol. The molecule has 3 aromatic rings. The lowest BCUT2D eigenvalue weighted by molar-refractivity contribution is 0.242. The summed E-state index contributed by atoms with van der Waals surface area (Å²) in [5, 5.41) is 3.66. The van der Waals surface area contributed by atoms with E-state index in [0.29, 0.717) is 33.9 Å². The van der Waals surface area contributed by atoms with Gasteiger partial charge in [0.1, 0.15) is 17.4 Å². The Kier molecular flexibility index (Phi) is 4.16. The Labute approximate surface area is 138 Å². The standard InChI is InChI=1S/C17H18FN5O/c1-9(2)24-13-6-4-5-11(18)14(13)12-8-7-10-15(20-3)22-17(19)23-16(10)21-12/h4-9H,1-3H3,(H3,19,20,21,22,23). The molecule has 7 heteroatoms. The first kappa shape index (κ1) is 15.9. The van der Waals surface area contributed by atoms with Crippen LogP contribution in [0.25, 0.3) is 22.3 Å². The number of rotatable bonds is 4. The van der Waals surface area contributed by atoms with Crippen LogP contribution >= 0.6 is 0 Å². The van der Waals surface area contributed by atoms with Crippen LogP contribution < -0.4 is 15.8 Å². The number of halogens is 1. The second-order valence-electron chi connectivity index (χ2n) is 5.53. The summed E-state index contributed by atoms with van der Waals surface area (Å²) in [6, 6.07) is 8.21. The van der Waals surface area contributed by atoms with Crippen molar-refractivity contribution in [2.24, 2.45) is 0 Å². The quantitative estimate of drug-likeness (QED) is 0.765. The number of fused-ring (bicyclic) bond motifs is 1. The van der Waals surface area contributed by atoms with Gasteiger partial charge in [0.2, 0.25) is 5.95 Å². The van der Waals surface area contributed by atoms with Gasteiger partial charge in [-0.25, -0.2) is 9.37 Å². The van der Waals surface area contributed by atoms with Crippen molar-refractivity contribution >= 4 is 22.8 Å². The minimum atomic E-state index is -0.407. The highest BCUT2D eigenvalue weighted by molar-refractivity contribution is 5.89. The Morgan fingerprint density at radius 3 is 2.62 bits per heavy atom. The minimum absolute atomic E-state index is 0.0835. The molecule has 0 radical (unpaired) electrons. The molecule has 0 unspecified atom stereocenters. The lowest BCUT2D eigenvalue weighted by Gasteiger charge is -2.15. The highest BCUT2D eigenvalue weighted by Crippen LogP contribution is 2.33. The van der Waals surface area contributed by atoms with Crippen molar-refractivity contribution < 1.29 is 9.13 Å². The van der Waals surface area contributed by atoms with E-state index in [4.69, 9.17) is 10.5 Å². The fourth-order valence-corrected chi connectivity index (χ4v) is 2.46. The van der Waals surface area contributed by atoms with Gasteiger partial charge >= 0.3 is 0 Å². The van der Waals surface area contributed by atoms with E-state index in [1.54, 1.807) is 31.3 Å². The van der Waals surface area contributed by atoms with Crippen LogP contribution in [0.5, 0.6) is 5.75 Å². The molecular formula is C17H18FN5O. The molecule has 0 aliphatic rings. The van der Waals surface area contributed by atoms with Crippen molar-refractivity contribution in [1.82, 2.24) is 15.0 Å². The van der Waals surface area contributed by atoms with Crippen LogP contribution in [0.15, 0.2) is 30.3 Å². The molecule has 3 rings (SSSR count). The Balaban J connectivity index is 2.20. The number of aromatic nitrogens is 3. The molecule has 0 amide bonds. The Bertz CT molecular complexity index is 898. The molecule has 0 atom stereocenters. The number of anilines is 2. The summed E-state index contributed by atoms with van der Waals surface area (Å²) in [6.45, 7) is 3.77. The van der Waals surface area contributed by atoms with Crippen LogP contribution in [-0.2, 0) is 0 Å². The topological polar surface area (TPSA) is 86.0 Å². The molecule has 2 aromatic heterocycles. The van der Waals surface area contributed by atoms with Crippen LogP contribution in [0, 0.1) is 5.82 Å². The van der Waals surface area contributed by atoms with Crippen LogP contribution in [0.1, 0.15) is 13.8 Å². The van der Waals surface area contributed by atoms with Gasteiger partial charge in [-0.2, -0.15) is 9.97 Å². The van der Waals surface area contributed by atoms with Crippen molar-refractivity contribution in [3.63, 3.8) is 0 Å². The number of ether oxygens (including phenoxy) is 1. The molecule has 2 heterocycles. The van der Waals surface area contributed by atoms with E-state index in [1.807, 2.05) is 13.8 Å². The number of nitrogens with zero attached hydrogens (tertiary/aromatic N) is 3. The SMILES string of the molecule is CNc1nc(N)nc2nc(-c3c(F)cccc3OC(C)C)ccc12. The summed E-state index contributed by atoms with van der Waals surface area (Å²) >= 11 is 0. The molecule has 0 fully saturated rings. The second-order valence-corrected chi connectivity index (χ2v) is 5.53. The van der Waals surface area contributed by atoms with Crippen molar-refractivity contribution in [2.45, 2.75) is 20.0 Å². The van der Waals surface area contributed by atoms with Crippen molar-refractivity contribution in [1.29, 1.82) is 0 Å². The van der Waals surface area contributed by atoms with Gasteiger partial charge in [-0.1, -0.05) is 6.07 Å². The lowest BCUT2D eigenvalue weighted by Crippen LogP contribution is -2.07. The predicted octanol–water partition coefficient (Wildman–Crippen LogP) is 3.24. The fourth-order valence-electron chi connectivity index (χ4n) is 2.46. The molecule has 0 spiro atoms. The molecule has 1 aromatic carbocycles. The number of nitrogen functional groups attached to an aromatic ring is 1. The second kappa shape index (κ2) is 6.27. The average Bonchev–Trinajstić information content (AvgIpc) is 2.53. The number of hydrogen-bond acceptors (Lipinski definition) is 6. The van der Waals surface area contributed by atoms with Crippen LogP contribution in [0.2, 0.25) is 0 Å². The van der Waals surface area contributed by atoms with Gasteiger partial charge < -0.3 is 15.8 Å². The van der Waals surface area contributed by atoms with Gasteiger partial charge in [0.05, 0.1) is 22.7 Å². The summed E-state index contributed by atoms with van der Waals surface area (Å²) in [5.74, 6) is 0.705. The van der Waals surface area contributed by atoms with E-state index in [-0.39, 0.29) is 12.1 Å². The highest BCUT2D eigenvalue weighted by atomic mass is 19.1. The fraction of sp³-hybridized carbons (Fsp3) is 0.235. The van der Waals surface area contributed by atoms with Crippen molar-refractivity contribution in [3.05, 3.63) is 36.1 Å². The lowest BCUT2D eigenvalue weighted by atomic mass is 10.1. The maximum absolute atomic E-state index is 14.4. The third kappa shape index (κ3) is 2.92. The summed E-state index contributed by atoms with van der Waals surface area (Å²) in [5.41, 5.74) is 6.83. The third-order valence-electron chi connectivity index (χ3n) is 3.41. The van der Waals surface area contributed by atoms with E-state index in [0.717, 1.165) is 0 Å². The molecule has 0 aliphatic heterocycles. The molecule has 0 saturated heterocycles. The van der Waals surface area contributed by atoms with E-state index in [1.165, 1.54) is 6.07 Å². The zero-order valence-electron chi connectivity index (χ0n) is 13.7. The van der Waals surface area contributed by atoms with Crippen LogP contribution in [-0.4, -0.2) is 28.1 Å². The maximum Gasteiger partial charge on any atom is 0.224 e. The summed E-state index contributed by atoms with van der Waals surface area (Å²) < 4.78 is 20.1. The maximum atomic E-state index is 14.4. The Morgan fingerprint density at radius 1 is 1.12 bits per heavy atom. The first-order valence-electron chi connectivity index (χ1n) is 7.57. The largest absolute Gasteiger partial charge is 0.490 e. The average molecular weight is 327 g/mol. The summed E-state index contributed by atoms with van der Waals surface area (Å²) in [4.78, 5) is 12.7. The molecule has 124 valence electrons. The normalized spacial score (nSPS) is 11.0. The first-order valence-corrected chi connectivity index (χ1v) is 7.57. The number of nitrogens with one attached hydrogen (secondary N) is 1. The number of benzene rings is 1. The Hall–Kier alpha value is -2.96. The van der Waals surface area contributed by atoms with E-state index < -0.39 is 5.82 Å². The minimum Gasteiger partial charge on any atom is -0.490 e. The van der Waals surface area contributed by atoms with Gasteiger partial charge in [0.25, 0.3) is 0 Å². The zero-order valence-corrected chi connectivity index (χ0v) is 13.7. The monoisotopic (exact) mass is 327 g/mol. The van der Waals surface area contributed by atoms with Crippen molar-refractivity contribution in [3.8, 4) is 17.0 Å². The third-order valence-corrected chi connectivity index (χ3v) is 3.41. The van der Waals surface area contributed by atoms with Gasteiger partial charge in [0.15, 0.2) is 5.65 Å². The number of pyridine rings is 1. The van der Waals surface area contributed by atoms with E-state index >= 15 is 0 Å². The molecule has 3 N–H and O–H groups in total. The first-order chi connectivity index (χ1) is 11.5. The van der Waals surface area contributed by atoms with Crippen LogP contribution in [0.3, 0.4) is 0 Å². The van der Waals surface area contributed by atoms with Gasteiger partial charge in [-0.05, 0) is 38.1 Å². The Morgan fingerprint density at radius 2 is 1.92 bits per heavy atom. The summed E-state index contributed by atoms with van der Waals surface area (Å²) in [6.07, 6.45) is -0.0835. The van der Waals surface area contributed by atoms with Gasteiger partial charge in [-0.3, -0.25) is 0 Å². The molecule has 0 saturated carbocycles. The molecule has 24 heavy (non-hydrogen) atoms. The molecule has 6 nitrogen and oxygen atoms in total. The smallest absolute Gasteiger partial charge is 0.224 e. The van der Waals surface area contributed by atoms with E-state index in [9.17, 15) is 4.39 Å². The number of hydrogen-bond donors (Lipinski definition) is 2. The molecule has 0 aliphatic carbocycles.